The van der Waals surface area contributed by atoms with E-state index in [-0.39, 0.29) is 6.42 Å². The maximum absolute atomic E-state index is 10.5. The van der Waals surface area contributed by atoms with Gasteiger partial charge in [-0.25, -0.2) is 0 Å². The van der Waals surface area contributed by atoms with Gasteiger partial charge in [0, 0.05) is 11.4 Å². The Labute approximate surface area is 106 Å². The monoisotopic (exact) mass is 256 g/mol. The highest BCUT2D eigenvalue weighted by Crippen LogP contribution is 2.32. The number of aryl methyl sites for hydroxylation is 1. The molecule has 1 rings (SSSR count). The van der Waals surface area contributed by atoms with Crippen LogP contribution in [-0.2, 0) is 11.2 Å². The molecule has 0 heterocycles. The molecule has 4 heteroatoms. The Kier molecular flexibility index (Phi) is 4.82. The van der Waals surface area contributed by atoms with E-state index in [1.807, 2.05) is 19.9 Å². The molecular formula is C13H17ClO3. The Morgan fingerprint density at radius 3 is 2.65 bits per heavy atom. The fourth-order valence-corrected chi connectivity index (χ4v) is 2.04. The zero-order valence-corrected chi connectivity index (χ0v) is 11.1. The minimum absolute atomic E-state index is 0.161. The summed E-state index contributed by atoms with van der Waals surface area (Å²) in [6.07, 6.45) is 1.42. The third kappa shape index (κ3) is 3.37. The van der Waals surface area contributed by atoms with Crippen molar-refractivity contribution in [3.63, 3.8) is 0 Å². The lowest BCUT2D eigenvalue weighted by Crippen LogP contribution is -2.01. The Hall–Kier alpha value is -1.22. The molecule has 0 unspecified atom stereocenters. The summed E-state index contributed by atoms with van der Waals surface area (Å²) in [4.78, 5) is 10.5. The Bertz CT molecular complexity index is 427. The number of carboxylic acids is 1. The van der Waals surface area contributed by atoms with E-state index in [0.717, 1.165) is 27.5 Å². The van der Waals surface area contributed by atoms with Gasteiger partial charge in [-0.2, -0.15) is 0 Å². The Morgan fingerprint density at radius 1 is 1.47 bits per heavy atom. The quantitative estimate of drug-likeness (QED) is 0.879. The van der Waals surface area contributed by atoms with Crippen molar-refractivity contribution in [1.29, 1.82) is 0 Å². The average Bonchev–Trinajstić information content (AvgIpc) is 2.28. The molecule has 0 saturated heterocycles. The maximum Gasteiger partial charge on any atom is 0.303 e. The van der Waals surface area contributed by atoms with Crippen LogP contribution in [0.15, 0.2) is 6.07 Å². The van der Waals surface area contributed by atoms with Crippen molar-refractivity contribution >= 4 is 17.6 Å². The van der Waals surface area contributed by atoms with Crippen molar-refractivity contribution in [3.05, 3.63) is 27.8 Å². The minimum atomic E-state index is -0.778. The number of aliphatic carboxylic acids is 1. The lowest BCUT2D eigenvalue weighted by atomic mass is 9.99. The SMILES string of the molecule is COc1cc(C)c(Cl)c(C)c1CCCC(=O)O. The molecule has 1 aromatic rings. The molecule has 1 aromatic carbocycles. The molecule has 0 aliphatic rings. The van der Waals surface area contributed by atoms with Crippen LogP contribution in [0.5, 0.6) is 5.75 Å². The van der Waals surface area contributed by atoms with Crippen LogP contribution >= 0.6 is 11.6 Å². The smallest absolute Gasteiger partial charge is 0.303 e. The van der Waals surface area contributed by atoms with E-state index < -0.39 is 5.97 Å². The summed E-state index contributed by atoms with van der Waals surface area (Å²) in [5, 5.41) is 9.36. The fraction of sp³-hybridized carbons (Fsp3) is 0.462. The second-order valence-corrected chi connectivity index (χ2v) is 4.44. The van der Waals surface area contributed by atoms with E-state index in [2.05, 4.69) is 0 Å². The Balaban J connectivity index is 2.96. The highest BCUT2D eigenvalue weighted by atomic mass is 35.5. The highest BCUT2D eigenvalue weighted by Gasteiger charge is 2.12. The number of carbonyl (C=O) groups is 1. The number of hydrogen-bond acceptors (Lipinski definition) is 2. The first-order valence-electron chi connectivity index (χ1n) is 5.51. The zero-order chi connectivity index (χ0) is 13.0. The van der Waals surface area contributed by atoms with Gasteiger partial charge in [0.25, 0.3) is 0 Å². The standard InChI is InChI=1S/C13H17ClO3/c1-8-7-11(17-3)10(9(2)13(8)14)5-4-6-12(15)16/h7H,4-6H2,1-3H3,(H,15,16). The summed E-state index contributed by atoms with van der Waals surface area (Å²) in [5.41, 5.74) is 2.96. The van der Waals surface area contributed by atoms with Crippen LogP contribution in [0.4, 0.5) is 0 Å². The molecule has 17 heavy (non-hydrogen) atoms. The lowest BCUT2D eigenvalue weighted by Gasteiger charge is -2.14. The van der Waals surface area contributed by atoms with Crippen LogP contribution in [-0.4, -0.2) is 18.2 Å². The molecule has 0 saturated carbocycles. The van der Waals surface area contributed by atoms with Gasteiger partial charge in [0.1, 0.15) is 5.75 Å². The second kappa shape index (κ2) is 5.92. The van der Waals surface area contributed by atoms with E-state index >= 15 is 0 Å². The number of hydrogen-bond donors (Lipinski definition) is 1. The van der Waals surface area contributed by atoms with E-state index in [9.17, 15) is 4.79 Å². The topological polar surface area (TPSA) is 46.5 Å². The summed E-state index contributed by atoms with van der Waals surface area (Å²) in [5.74, 6) is 0.00890. The van der Waals surface area contributed by atoms with Gasteiger partial charge in [-0.15, -0.1) is 0 Å². The second-order valence-electron chi connectivity index (χ2n) is 4.06. The van der Waals surface area contributed by atoms with E-state index in [1.54, 1.807) is 7.11 Å². The summed E-state index contributed by atoms with van der Waals surface area (Å²) in [6, 6.07) is 1.89. The van der Waals surface area contributed by atoms with Crippen LogP contribution in [0.3, 0.4) is 0 Å². The lowest BCUT2D eigenvalue weighted by molar-refractivity contribution is -0.137. The summed E-state index contributed by atoms with van der Waals surface area (Å²) >= 11 is 6.18. The first kappa shape index (κ1) is 13.8. The number of rotatable bonds is 5. The normalized spacial score (nSPS) is 10.4. The van der Waals surface area contributed by atoms with Crippen LogP contribution in [0.25, 0.3) is 0 Å². The van der Waals surface area contributed by atoms with Crippen LogP contribution in [0, 0.1) is 13.8 Å². The fourth-order valence-electron chi connectivity index (χ4n) is 1.87. The average molecular weight is 257 g/mol. The van der Waals surface area contributed by atoms with Crippen molar-refractivity contribution < 1.29 is 14.6 Å². The van der Waals surface area contributed by atoms with Gasteiger partial charge < -0.3 is 9.84 Å². The van der Waals surface area contributed by atoms with E-state index in [1.165, 1.54) is 0 Å². The molecule has 0 atom stereocenters. The molecule has 0 spiro atoms. The van der Waals surface area contributed by atoms with E-state index in [4.69, 9.17) is 21.4 Å². The number of ether oxygens (including phenoxy) is 1. The first-order valence-corrected chi connectivity index (χ1v) is 5.89. The van der Waals surface area contributed by atoms with Gasteiger partial charge in [0.05, 0.1) is 7.11 Å². The van der Waals surface area contributed by atoms with Crippen LogP contribution in [0.1, 0.15) is 29.5 Å². The molecule has 0 aromatic heterocycles. The van der Waals surface area contributed by atoms with Crippen LogP contribution < -0.4 is 4.74 Å². The van der Waals surface area contributed by atoms with Crippen molar-refractivity contribution in [2.45, 2.75) is 33.1 Å². The molecule has 1 N–H and O–H groups in total. The molecule has 0 aliphatic carbocycles. The number of halogens is 1. The summed E-state index contributed by atoms with van der Waals surface area (Å²) < 4.78 is 5.31. The molecule has 0 radical (unpaired) electrons. The van der Waals surface area contributed by atoms with Gasteiger partial charge in [0.15, 0.2) is 0 Å². The Morgan fingerprint density at radius 2 is 2.12 bits per heavy atom. The molecule has 0 fully saturated rings. The van der Waals surface area contributed by atoms with Crippen molar-refractivity contribution in [2.24, 2.45) is 0 Å². The maximum atomic E-state index is 10.5. The minimum Gasteiger partial charge on any atom is -0.496 e. The number of benzene rings is 1. The van der Waals surface area contributed by atoms with Gasteiger partial charge in [-0.1, -0.05) is 11.6 Å². The third-order valence-corrected chi connectivity index (χ3v) is 3.39. The summed E-state index contributed by atoms with van der Waals surface area (Å²) in [7, 11) is 1.61. The van der Waals surface area contributed by atoms with Crippen molar-refractivity contribution in [1.82, 2.24) is 0 Å². The molecular weight excluding hydrogens is 240 g/mol. The summed E-state index contributed by atoms with van der Waals surface area (Å²) in [6.45, 7) is 3.87. The first-order chi connectivity index (χ1) is 7.97. The van der Waals surface area contributed by atoms with Crippen molar-refractivity contribution in [2.75, 3.05) is 7.11 Å². The largest absolute Gasteiger partial charge is 0.496 e. The predicted octanol–water partition coefficient (Wildman–Crippen LogP) is 3.37. The molecule has 0 amide bonds. The predicted molar refractivity (Wildman–Crippen MR) is 68.1 cm³/mol. The zero-order valence-electron chi connectivity index (χ0n) is 10.3. The van der Waals surface area contributed by atoms with E-state index in [0.29, 0.717) is 12.8 Å². The number of methoxy groups -OCH3 is 1. The molecule has 94 valence electrons. The van der Waals surface area contributed by atoms with Gasteiger partial charge in [0.2, 0.25) is 0 Å². The van der Waals surface area contributed by atoms with Gasteiger partial charge >= 0.3 is 5.97 Å². The van der Waals surface area contributed by atoms with Gasteiger partial charge in [-0.3, -0.25) is 4.79 Å². The van der Waals surface area contributed by atoms with Crippen LogP contribution in [0.2, 0.25) is 5.02 Å². The molecule has 0 aliphatic heterocycles. The highest BCUT2D eigenvalue weighted by molar-refractivity contribution is 6.32. The third-order valence-electron chi connectivity index (χ3n) is 2.81. The molecule has 0 bridgehead atoms. The van der Waals surface area contributed by atoms with Crippen molar-refractivity contribution in [3.8, 4) is 5.75 Å². The molecule has 3 nitrogen and oxygen atoms in total. The van der Waals surface area contributed by atoms with Gasteiger partial charge in [-0.05, 0) is 49.4 Å². The number of carboxylic acid groups (broad SMARTS) is 1.